The molecule has 0 bridgehead atoms. The third kappa shape index (κ3) is 2.94. The molecule has 3 heteroatoms. The lowest BCUT2D eigenvalue weighted by Crippen LogP contribution is -2.00. The second kappa shape index (κ2) is 6.39. The van der Waals surface area contributed by atoms with E-state index in [0.717, 1.165) is 23.0 Å². The Labute approximate surface area is 130 Å². The second-order valence-electron chi connectivity index (χ2n) is 5.80. The molecule has 0 amide bonds. The molecule has 2 aromatic rings. The van der Waals surface area contributed by atoms with E-state index in [-0.39, 0.29) is 18.1 Å². The van der Waals surface area contributed by atoms with E-state index < -0.39 is 0 Å². The van der Waals surface area contributed by atoms with Crippen molar-refractivity contribution < 1.29 is 13.6 Å². The number of halogens is 2. The average Bonchev–Trinajstić information content (AvgIpc) is 2.47. The van der Waals surface area contributed by atoms with Gasteiger partial charge in [0.15, 0.2) is 0 Å². The first-order chi connectivity index (χ1) is 10.4. The lowest BCUT2D eigenvalue weighted by Gasteiger charge is -2.16. The van der Waals surface area contributed by atoms with Gasteiger partial charge < -0.3 is 4.79 Å². The van der Waals surface area contributed by atoms with Crippen LogP contribution in [0, 0.1) is 39.3 Å². The number of hydrogen-bond donors (Lipinski definition) is 0. The maximum Gasteiger partial charge on any atom is 0.129 e. The first-order valence-electron chi connectivity index (χ1n) is 7.36. The van der Waals surface area contributed by atoms with Gasteiger partial charge in [0.2, 0.25) is 0 Å². The van der Waals surface area contributed by atoms with Crippen molar-refractivity contribution in [2.24, 2.45) is 0 Å². The Morgan fingerprint density at radius 3 is 2.18 bits per heavy atom. The molecule has 0 fully saturated rings. The highest BCUT2D eigenvalue weighted by atomic mass is 19.1. The van der Waals surface area contributed by atoms with Gasteiger partial charge in [0.05, 0.1) is 0 Å². The van der Waals surface area contributed by atoms with Crippen LogP contribution in [0.15, 0.2) is 18.2 Å². The minimum atomic E-state index is -0.284. The van der Waals surface area contributed by atoms with E-state index in [4.69, 9.17) is 0 Å². The van der Waals surface area contributed by atoms with Crippen molar-refractivity contribution in [1.29, 1.82) is 0 Å². The van der Waals surface area contributed by atoms with Crippen LogP contribution >= 0.6 is 0 Å². The normalized spacial score (nSPS) is 10.8. The molecule has 0 saturated heterocycles. The van der Waals surface area contributed by atoms with E-state index in [2.05, 4.69) is 0 Å². The van der Waals surface area contributed by atoms with Gasteiger partial charge in [-0.15, -0.1) is 0 Å². The summed E-state index contributed by atoms with van der Waals surface area (Å²) in [7, 11) is 0. The van der Waals surface area contributed by atoms with Crippen LogP contribution in [-0.4, -0.2) is 6.29 Å². The van der Waals surface area contributed by atoms with Gasteiger partial charge in [-0.1, -0.05) is 6.07 Å². The van der Waals surface area contributed by atoms with Gasteiger partial charge in [0, 0.05) is 6.42 Å². The molecule has 0 aromatic heterocycles. The van der Waals surface area contributed by atoms with Gasteiger partial charge in [-0.05, 0) is 85.2 Å². The molecule has 0 spiro atoms. The molecule has 2 aromatic carbocycles. The zero-order valence-corrected chi connectivity index (χ0v) is 13.4. The van der Waals surface area contributed by atoms with Crippen LogP contribution in [0.4, 0.5) is 8.78 Å². The molecule has 1 nitrogen and oxygen atoms in total. The number of carbonyl (C=O) groups excluding carboxylic acids is 1. The molecule has 0 radical (unpaired) electrons. The molecule has 0 N–H and O–H groups in total. The molecular weight excluding hydrogens is 282 g/mol. The van der Waals surface area contributed by atoms with E-state index in [0.29, 0.717) is 28.7 Å². The summed E-state index contributed by atoms with van der Waals surface area (Å²) in [5.74, 6) is -0.509. The van der Waals surface area contributed by atoms with Crippen LogP contribution in [0.3, 0.4) is 0 Å². The van der Waals surface area contributed by atoms with Crippen LogP contribution < -0.4 is 0 Å². The Morgan fingerprint density at radius 1 is 0.909 bits per heavy atom. The maximum atomic E-state index is 14.2. The molecule has 0 atom stereocenters. The predicted octanol–water partition coefficient (Wildman–Crippen LogP) is 5.00. The Morgan fingerprint density at radius 2 is 1.55 bits per heavy atom. The van der Waals surface area contributed by atoms with Crippen molar-refractivity contribution in [3.05, 3.63) is 57.7 Å². The number of rotatable bonds is 4. The molecule has 0 aliphatic rings. The molecule has 0 aliphatic heterocycles. The zero-order valence-electron chi connectivity index (χ0n) is 13.4. The molecule has 116 valence electrons. The van der Waals surface area contributed by atoms with Gasteiger partial charge in [0.1, 0.15) is 17.9 Å². The molecular formula is C19H20F2O. The van der Waals surface area contributed by atoms with Crippen LogP contribution in [0.2, 0.25) is 0 Å². The highest BCUT2D eigenvalue weighted by Crippen LogP contribution is 2.33. The molecule has 0 heterocycles. The van der Waals surface area contributed by atoms with Gasteiger partial charge >= 0.3 is 0 Å². The molecule has 0 saturated carbocycles. The van der Waals surface area contributed by atoms with Crippen molar-refractivity contribution in [1.82, 2.24) is 0 Å². The summed E-state index contributed by atoms with van der Waals surface area (Å²) < 4.78 is 28.4. The van der Waals surface area contributed by atoms with E-state index in [1.807, 2.05) is 6.92 Å². The van der Waals surface area contributed by atoms with Crippen LogP contribution in [-0.2, 0) is 11.2 Å². The number of carbonyl (C=O) groups is 1. The van der Waals surface area contributed by atoms with E-state index in [1.54, 1.807) is 39.0 Å². The summed E-state index contributed by atoms with van der Waals surface area (Å²) >= 11 is 0. The first-order valence-corrected chi connectivity index (χ1v) is 7.36. The number of benzene rings is 2. The van der Waals surface area contributed by atoms with Crippen LogP contribution in [0.1, 0.15) is 34.2 Å². The largest absolute Gasteiger partial charge is 0.303 e. The second-order valence-corrected chi connectivity index (χ2v) is 5.80. The number of aryl methyl sites for hydroxylation is 4. The SMILES string of the molecule is Cc1cc(-c2c(C)cc(C)c(F)c2C)cc(CCC=O)c1F. The molecule has 0 unspecified atom stereocenters. The zero-order chi connectivity index (χ0) is 16.4. The average molecular weight is 302 g/mol. The molecule has 0 aliphatic carbocycles. The van der Waals surface area contributed by atoms with Crippen molar-refractivity contribution in [2.45, 2.75) is 40.5 Å². The standard InChI is InChI=1S/C19H20F2O/c1-11-8-12(2)18(20)14(4)17(11)16-9-13(3)19(21)15(10-16)6-5-7-22/h7-10H,5-6H2,1-4H3. The van der Waals surface area contributed by atoms with E-state index >= 15 is 0 Å². The Balaban J connectivity index is 2.66. The Bertz CT molecular complexity index is 733. The predicted molar refractivity (Wildman–Crippen MR) is 85.1 cm³/mol. The Hall–Kier alpha value is -2.03. The lowest BCUT2D eigenvalue weighted by atomic mass is 9.90. The fraction of sp³-hybridized carbons (Fsp3) is 0.316. The smallest absolute Gasteiger partial charge is 0.129 e. The summed E-state index contributed by atoms with van der Waals surface area (Å²) in [4.78, 5) is 10.5. The van der Waals surface area contributed by atoms with E-state index in [9.17, 15) is 13.6 Å². The van der Waals surface area contributed by atoms with E-state index in [1.165, 1.54) is 0 Å². The summed E-state index contributed by atoms with van der Waals surface area (Å²) in [6.45, 7) is 7.11. The summed E-state index contributed by atoms with van der Waals surface area (Å²) in [6.07, 6.45) is 1.42. The van der Waals surface area contributed by atoms with Gasteiger partial charge in [-0.3, -0.25) is 0 Å². The monoisotopic (exact) mass is 302 g/mol. The maximum absolute atomic E-state index is 14.2. The van der Waals surface area contributed by atoms with Crippen LogP contribution in [0.5, 0.6) is 0 Å². The summed E-state index contributed by atoms with van der Waals surface area (Å²) in [6, 6.07) is 5.28. The minimum Gasteiger partial charge on any atom is -0.303 e. The quantitative estimate of drug-likeness (QED) is 0.727. The summed E-state index contributed by atoms with van der Waals surface area (Å²) in [5.41, 5.74) is 4.76. The fourth-order valence-electron chi connectivity index (χ4n) is 2.99. The van der Waals surface area contributed by atoms with Crippen LogP contribution in [0.25, 0.3) is 11.1 Å². The van der Waals surface area contributed by atoms with Crippen molar-refractivity contribution >= 4 is 6.29 Å². The topological polar surface area (TPSA) is 17.1 Å². The van der Waals surface area contributed by atoms with Crippen molar-refractivity contribution in [3.8, 4) is 11.1 Å². The van der Waals surface area contributed by atoms with Gasteiger partial charge in [0.25, 0.3) is 0 Å². The lowest BCUT2D eigenvalue weighted by molar-refractivity contribution is -0.107. The van der Waals surface area contributed by atoms with Crippen molar-refractivity contribution in [3.63, 3.8) is 0 Å². The summed E-state index contributed by atoms with van der Waals surface area (Å²) in [5, 5.41) is 0. The Kier molecular flexibility index (Phi) is 4.74. The highest BCUT2D eigenvalue weighted by Gasteiger charge is 2.15. The van der Waals surface area contributed by atoms with Gasteiger partial charge in [-0.2, -0.15) is 0 Å². The number of hydrogen-bond acceptors (Lipinski definition) is 1. The molecule has 22 heavy (non-hydrogen) atoms. The minimum absolute atomic E-state index is 0.225. The highest BCUT2D eigenvalue weighted by molar-refractivity contribution is 5.73. The third-order valence-corrected chi connectivity index (χ3v) is 4.03. The van der Waals surface area contributed by atoms with Crippen molar-refractivity contribution in [2.75, 3.05) is 0 Å². The third-order valence-electron chi connectivity index (χ3n) is 4.03. The fourth-order valence-corrected chi connectivity index (χ4v) is 2.99. The molecule has 2 rings (SSSR count). The van der Waals surface area contributed by atoms with Gasteiger partial charge in [-0.25, -0.2) is 8.78 Å². The first kappa shape index (κ1) is 16.3. The number of aldehydes is 1.